The van der Waals surface area contributed by atoms with Crippen molar-refractivity contribution in [2.45, 2.75) is 26.4 Å². The maximum absolute atomic E-state index is 11.9. The maximum atomic E-state index is 11.9. The van der Waals surface area contributed by atoms with Crippen LogP contribution in [0.4, 0.5) is 0 Å². The molecule has 0 fully saturated rings. The van der Waals surface area contributed by atoms with Crippen LogP contribution < -0.4 is 10.2 Å². The fraction of sp³-hybridized carbons (Fsp3) is 0.417. The zero-order valence-corrected chi connectivity index (χ0v) is 10.9. The summed E-state index contributed by atoms with van der Waals surface area (Å²) >= 11 is 0. The highest BCUT2D eigenvalue weighted by Gasteiger charge is 2.22. The average molecular weight is 252 g/mol. The van der Waals surface area contributed by atoms with Crippen LogP contribution in [0, 0.1) is 0 Å². The highest BCUT2D eigenvalue weighted by Crippen LogP contribution is 2.20. The second kappa shape index (κ2) is 5.41. The van der Waals surface area contributed by atoms with E-state index in [1.807, 2.05) is 0 Å². The maximum Gasteiger partial charge on any atom is 0.488 e. The number of rotatable bonds is 3. The molecule has 0 heterocycles. The minimum absolute atomic E-state index is 0.245. The van der Waals surface area contributed by atoms with E-state index in [2.05, 4.69) is 0 Å². The Morgan fingerprint density at radius 2 is 1.89 bits per heavy atom. The standard InChI is InChI=1S/C12H17BO5/c1-12(2,3)18-11(14)9-6-5-8(13(15)16)7-10(9)17-4/h5-7,15-16H,1-4H3. The van der Waals surface area contributed by atoms with E-state index in [1.54, 1.807) is 20.8 Å². The van der Waals surface area contributed by atoms with Crippen molar-refractivity contribution in [3.63, 3.8) is 0 Å². The molecular weight excluding hydrogens is 235 g/mol. The Morgan fingerprint density at radius 3 is 2.33 bits per heavy atom. The molecule has 0 unspecified atom stereocenters. The summed E-state index contributed by atoms with van der Waals surface area (Å²) in [6.45, 7) is 5.30. The van der Waals surface area contributed by atoms with Crippen LogP contribution in [0.25, 0.3) is 0 Å². The van der Waals surface area contributed by atoms with Crippen molar-refractivity contribution in [3.8, 4) is 5.75 Å². The second-order valence-electron chi connectivity index (χ2n) is 4.84. The van der Waals surface area contributed by atoms with Gasteiger partial charge in [0.25, 0.3) is 0 Å². The summed E-state index contributed by atoms with van der Waals surface area (Å²) in [5.41, 5.74) is -0.104. The summed E-state index contributed by atoms with van der Waals surface area (Å²) in [6.07, 6.45) is 0. The van der Waals surface area contributed by atoms with Crippen LogP contribution in [0.5, 0.6) is 5.75 Å². The van der Waals surface area contributed by atoms with Crippen LogP contribution in [0.3, 0.4) is 0 Å². The lowest BCUT2D eigenvalue weighted by molar-refractivity contribution is 0.00665. The van der Waals surface area contributed by atoms with Crippen LogP contribution in [0.2, 0.25) is 0 Å². The van der Waals surface area contributed by atoms with E-state index in [9.17, 15) is 4.79 Å². The third-order valence-electron chi connectivity index (χ3n) is 2.14. The van der Waals surface area contributed by atoms with Gasteiger partial charge in [0.2, 0.25) is 0 Å². The normalized spacial score (nSPS) is 11.0. The van der Waals surface area contributed by atoms with E-state index in [-0.39, 0.29) is 16.8 Å². The molecule has 0 aliphatic carbocycles. The number of hydrogen-bond donors (Lipinski definition) is 2. The topological polar surface area (TPSA) is 76.0 Å². The molecule has 5 nitrogen and oxygen atoms in total. The summed E-state index contributed by atoms with van der Waals surface area (Å²) in [7, 11) is -0.205. The molecule has 1 rings (SSSR count). The zero-order valence-electron chi connectivity index (χ0n) is 10.9. The zero-order chi connectivity index (χ0) is 13.9. The number of methoxy groups -OCH3 is 1. The van der Waals surface area contributed by atoms with E-state index >= 15 is 0 Å². The molecule has 0 aliphatic heterocycles. The molecule has 0 spiro atoms. The molecule has 98 valence electrons. The molecule has 0 bridgehead atoms. The van der Waals surface area contributed by atoms with Gasteiger partial charge in [0, 0.05) is 0 Å². The molecule has 0 aliphatic rings. The smallest absolute Gasteiger partial charge is 0.488 e. The number of carbonyl (C=O) groups excluding carboxylic acids is 1. The quantitative estimate of drug-likeness (QED) is 0.598. The van der Waals surface area contributed by atoms with Crippen molar-refractivity contribution in [1.29, 1.82) is 0 Å². The molecule has 1 aromatic rings. The summed E-state index contributed by atoms with van der Waals surface area (Å²) in [5.74, 6) is -0.270. The molecule has 6 heteroatoms. The molecule has 2 N–H and O–H groups in total. The lowest BCUT2D eigenvalue weighted by Gasteiger charge is -2.20. The molecule has 0 saturated heterocycles. The molecule has 0 amide bonds. The Hall–Kier alpha value is -1.53. The number of benzene rings is 1. The average Bonchev–Trinajstić information content (AvgIpc) is 2.25. The highest BCUT2D eigenvalue weighted by atomic mass is 16.6. The Labute approximate surface area is 106 Å². The van der Waals surface area contributed by atoms with Crippen LogP contribution in [-0.4, -0.2) is 35.8 Å². The highest BCUT2D eigenvalue weighted by molar-refractivity contribution is 6.58. The van der Waals surface area contributed by atoms with Gasteiger partial charge in [0.05, 0.1) is 7.11 Å². The minimum Gasteiger partial charge on any atom is -0.496 e. The van der Waals surface area contributed by atoms with Gasteiger partial charge in [0.15, 0.2) is 0 Å². The van der Waals surface area contributed by atoms with E-state index in [4.69, 9.17) is 19.5 Å². The first-order valence-corrected chi connectivity index (χ1v) is 5.52. The minimum atomic E-state index is -1.61. The van der Waals surface area contributed by atoms with Crippen LogP contribution >= 0.6 is 0 Å². The lowest BCUT2D eigenvalue weighted by atomic mass is 9.80. The molecular formula is C12H17BO5. The van der Waals surface area contributed by atoms with E-state index < -0.39 is 18.7 Å². The first-order valence-electron chi connectivity index (χ1n) is 5.52. The third kappa shape index (κ3) is 3.75. The summed E-state index contributed by atoms with van der Waals surface area (Å²) in [4.78, 5) is 11.9. The first-order chi connectivity index (χ1) is 8.24. The van der Waals surface area contributed by atoms with Crippen molar-refractivity contribution < 1.29 is 24.3 Å². The van der Waals surface area contributed by atoms with E-state index in [1.165, 1.54) is 25.3 Å². The van der Waals surface area contributed by atoms with Crippen LogP contribution in [-0.2, 0) is 4.74 Å². The Morgan fingerprint density at radius 1 is 1.28 bits per heavy atom. The molecule has 0 saturated carbocycles. The fourth-order valence-electron chi connectivity index (χ4n) is 1.37. The molecule has 18 heavy (non-hydrogen) atoms. The number of carbonyl (C=O) groups is 1. The monoisotopic (exact) mass is 252 g/mol. The van der Waals surface area contributed by atoms with Gasteiger partial charge in [0.1, 0.15) is 16.9 Å². The van der Waals surface area contributed by atoms with Gasteiger partial charge in [-0.2, -0.15) is 0 Å². The summed E-state index contributed by atoms with van der Waals surface area (Å²) < 4.78 is 10.3. The van der Waals surface area contributed by atoms with Gasteiger partial charge >= 0.3 is 13.1 Å². The predicted molar refractivity (Wildman–Crippen MR) is 68.0 cm³/mol. The van der Waals surface area contributed by atoms with Gasteiger partial charge in [-0.25, -0.2) is 4.79 Å². The van der Waals surface area contributed by atoms with E-state index in [0.29, 0.717) is 0 Å². The van der Waals surface area contributed by atoms with Gasteiger partial charge < -0.3 is 19.5 Å². The van der Waals surface area contributed by atoms with Crippen molar-refractivity contribution in [1.82, 2.24) is 0 Å². The first kappa shape index (κ1) is 14.5. The largest absolute Gasteiger partial charge is 0.496 e. The fourth-order valence-corrected chi connectivity index (χ4v) is 1.37. The third-order valence-corrected chi connectivity index (χ3v) is 2.14. The van der Waals surface area contributed by atoms with Gasteiger partial charge in [-0.05, 0) is 38.4 Å². The van der Waals surface area contributed by atoms with Gasteiger partial charge in [-0.1, -0.05) is 6.07 Å². The Bertz CT molecular complexity index is 437. The second-order valence-corrected chi connectivity index (χ2v) is 4.84. The molecule has 0 aromatic heterocycles. The van der Waals surface area contributed by atoms with Crippen molar-refractivity contribution in [2.75, 3.05) is 7.11 Å². The van der Waals surface area contributed by atoms with Crippen molar-refractivity contribution >= 4 is 18.6 Å². The summed E-state index contributed by atoms with van der Waals surface area (Å²) in [6, 6.07) is 4.28. The Balaban J connectivity index is 3.06. The number of ether oxygens (including phenoxy) is 2. The summed E-state index contributed by atoms with van der Waals surface area (Å²) in [5, 5.41) is 18.1. The van der Waals surface area contributed by atoms with Crippen LogP contribution in [0.15, 0.2) is 18.2 Å². The predicted octanol–water partition coefficient (Wildman–Crippen LogP) is 0.330. The van der Waals surface area contributed by atoms with Gasteiger partial charge in [-0.15, -0.1) is 0 Å². The Kier molecular flexibility index (Phi) is 4.37. The number of hydrogen-bond acceptors (Lipinski definition) is 5. The van der Waals surface area contributed by atoms with Crippen LogP contribution in [0.1, 0.15) is 31.1 Å². The number of esters is 1. The molecule has 0 radical (unpaired) electrons. The van der Waals surface area contributed by atoms with Crippen molar-refractivity contribution in [2.24, 2.45) is 0 Å². The molecule has 1 aromatic carbocycles. The van der Waals surface area contributed by atoms with Gasteiger partial charge in [-0.3, -0.25) is 0 Å². The van der Waals surface area contributed by atoms with E-state index in [0.717, 1.165) is 0 Å². The van der Waals surface area contributed by atoms with Crippen molar-refractivity contribution in [3.05, 3.63) is 23.8 Å². The lowest BCUT2D eigenvalue weighted by Crippen LogP contribution is -2.30. The molecule has 0 atom stereocenters. The SMILES string of the molecule is COc1cc(B(O)O)ccc1C(=O)OC(C)(C)C.